The van der Waals surface area contributed by atoms with E-state index in [0.29, 0.717) is 10.6 Å². The monoisotopic (exact) mass is 296 g/mol. The van der Waals surface area contributed by atoms with Crippen LogP contribution in [0.5, 0.6) is 5.75 Å². The fourth-order valence-electron chi connectivity index (χ4n) is 1.65. The first-order valence-electron chi connectivity index (χ1n) is 5.62. The fourth-order valence-corrected chi connectivity index (χ4v) is 1.84. The zero-order valence-corrected chi connectivity index (χ0v) is 10.9. The van der Waals surface area contributed by atoms with Crippen molar-refractivity contribution in [2.75, 3.05) is 5.32 Å². The molecule has 20 heavy (non-hydrogen) atoms. The van der Waals surface area contributed by atoms with Crippen molar-refractivity contribution in [1.29, 1.82) is 0 Å². The van der Waals surface area contributed by atoms with Gasteiger partial charge in [-0.1, -0.05) is 11.6 Å². The number of hydrogen-bond donors (Lipinski definition) is 2. The quantitative estimate of drug-likeness (QED) is 0.666. The van der Waals surface area contributed by atoms with E-state index in [1.807, 2.05) is 0 Å². The van der Waals surface area contributed by atoms with Crippen LogP contribution >= 0.6 is 11.6 Å². The van der Waals surface area contributed by atoms with Crippen LogP contribution < -0.4 is 5.32 Å². The average molecular weight is 297 g/mol. The first-order chi connectivity index (χ1) is 9.47. The molecule has 0 aromatic heterocycles. The van der Waals surface area contributed by atoms with Gasteiger partial charge in [0.2, 0.25) is 0 Å². The second kappa shape index (κ2) is 5.75. The molecule has 2 rings (SSSR count). The number of nitrogens with one attached hydrogen (secondary N) is 1. The van der Waals surface area contributed by atoms with E-state index in [1.54, 1.807) is 0 Å². The first-order valence-corrected chi connectivity index (χ1v) is 6.00. The molecule has 0 bridgehead atoms. The largest absolute Gasteiger partial charge is 0.508 e. The van der Waals surface area contributed by atoms with Gasteiger partial charge in [-0.05, 0) is 24.3 Å². The number of halogens is 2. The average Bonchev–Trinajstić information content (AvgIpc) is 2.41. The Morgan fingerprint density at radius 2 is 2.05 bits per heavy atom. The number of nitro benzene ring substituents is 1. The van der Waals surface area contributed by atoms with Crippen molar-refractivity contribution in [1.82, 2.24) is 0 Å². The van der Waals surface area contributed by atoms with Gasteiger partial charge < -0.3 is 10.4 Å². The maximum Gasteiger partial charge on any atom is 0.271 e. The summed E-state index contributed by atoms with van der Waals surface area (Å²) in [5.74, 6) is -0.607. The van der Waals surface area contributed by atoms with Gasteiger partial charge in [0.1, 0.15) is 11.6 Å². The Balaban J connectivity index is 2.20. The van der Waals surface area contributed by atoms with Crippen LogP contribution in [0.3, 0.4) is 0 Å². The molecule has 0 heterocycles. The van der Waals surface area contributed by atoms with Crippen molar-refractivity contribution in [3.8, 4) is 5.75 Å². The van der Waals surface area contributed by atoms with Crippen LogP contribution in [-0.4, -0.2) is 10.0 Å². The number of aromatic hydroxyl groups is 1. The van der Waals surface area contributed by atoms with Gasteiger partial charge in [-0.2, -0.15) is 0 Å². The maximum absolute atomic E-state index is 13.5. The van der Waals surface area contributed by atoms with E-state index in [2.05, 4.69) is 5.32 Å². The number of phenolic OH excluding ortho intramolecular Hbond substituents is 1. The Morgan fingerprint density at radius 3 is 2.75 bits per heavy atom. The SMILES string of the molecule is O=[N+]([O-])c1ccc(F)c(NCc2cc(Cl)ccc2O)c1. The smallest absolute Gasteiger partial charge is 0.271 e. The zero-order chi connectivity index (χ0) is 14.7. The molecule has 0 radical (unpaired) electrons. The number of benzene rings is 2. The third kappa shape index (κ3) is 3.16. The molecule has 0 amide bonds. The summed E-state index contributed by atoms with van der Waals surface area (Å²) in [6, 6.07) is 7.66. The molecule has 0 fully saturated rings. The lowest BCUT2D eigenvalue weighted by atomic mass is 10.2. The van der Waals surface area contributed by atoms with E-state index in [9.17, 15) is 19.6 Å². The highest BCUT2D eigenvalue weighted by Crippen LogP contribution is 2.25. The Morgan fingerprint density at radius 1 is 1.30 bits per heavy atom. The minimum Gasteiger partial charge on any atom is -0.508 e. The van der Waals surface area contributed by atoms with E-state index >= 15 is 0 Å². The highest BCUT2D eigenvalue weighted by molar-refractivity contribution is 6.30. The lowest BCUT2D eigenvalue weighted by Crippen LogP contribution is -2.02. The van der Waals surface area contributed by atoms with Gasteiger partial charge in [-0.25, -0.2) is 4.39 Å². The van der Waals surface area contributed by atoms with E-state index in [0.717, 1.165) is 18.2 Å². The fraction of sp³-hybridized carbons (Fsp3) is 0.0769. The van der Waals surface area contributed by atoms with Crippen LogP contribution in [0.1, 0.15) is 5.56 Å². The van der Waals surface area contributed by atoms with Crippen molar-refractivity contribution < 1.29 is 14.4 Å². The van der Waals surface area contributed by atoms with Crippen LogP contribution in [0.4, 0.5) is 15.8 Å². The minimum absolute atomic E-state index is 0.00717. The third-order valence-electron chi connectivity index (χ3n) is 2.67. The van der Waals surface area contributed by atoms with Gasteiger partial charge in [0.15, 0.2) is 0 Å². The molecule has 0 aliphatic carbocycles. The normalized spacial score (nSPS) is 10.3. The molecule has 104 valence electrons. The Bertz CT molecular complexity index is 664. The lowest BCUT2D eigenvalue weighted by Gasteiger charge is -2.09. The zero-order valence-electron chi connectivity index (χ0n) is 10.1. The summed E-state index contributed by atoms with van der Waals surface area (Å²) in [6.45, 7) is 0.0878. The molecule has 0 unspecified atom stereocenters. The Hall–Kier alpha value is -2.34. The molecule has 0 aliphatic heterocycles. The highest BCUT2D eigenvalue weighted by Gasteiger charge is 2.11. The molecule has 0 saturated carbocycles. The maximum atomic E-state index is 13.5. The summed E-state index contributed by atoms with van der Waals surface area (Å²) in [7, 11) is 0. The molecule has 2 aromatic carbocycles. The summed E-state index contributed by atoms with van der Waals surface area (Å²) in [5, 5.41) is 23.4. The summed E-state index contributed by atoms with van der Waals surface area (Å²) in [4.78, 5) is 10.0. The highest BCUT2D eigenvalue weighted by atomic mass is 35.5. The predicted molar refractivity (Wildman–Crippen MR) is 73.5 cm³/mol. The van der Waals surface area contributed by atoms with Crippen LogP contribution in [0.2, 0.25) is 5.02 Å². The van der Waals surface area contributed by atoms with Crippen LogP contribution in [0.15, 0.2) is 36.4 Å². The summed E-state index contributed by atoms with van der Waals surface area (Å²) in [5.41, 5.74) is 0.228. The molecule has 0 atom stereocenters. The number of nitrogens with zero attached hydrogens (tertiary/aromatic N) is 1. The molecule has 2 N–H and O–H groups in total. The van der Waals surface area contributed by atoms with Crippen molar-refractivity contribution in [2.45, 2.75) is 6.54 Å². The Kier molecular flexibility index (Phi) is 4.05. The second-order valence-corrected chi connectivity index (χ2v) is 4.48. The topological polar surface area (TPSA) is 75.4 Å². The predicted octanol–water partition coefficient (Wildman–Crippen LogP) is 3.71. The van der Waals surface area contributed by atoms with Crippen molar-refractivity contribution >= 4 is 23.0 Å². The molecular weight excluding hydrogens is 287 g/mol. The van der Waals surface area contributed by atoms with Gasteiger partial charge in [-0.3, -0.25) is 10.1 Å². The standard InChI is InChI=1S/C13H10ClFN2O3/c14-9-1-4-13(18)8(5-9)7-16-12-6-10(17(19)20)2-3-11(12)15/h1-6,16,18H,7H2. The van der Waals surface area contributed by atoms with Crippen LogP contribution in [0, 0.1) is 15.9 Å². The van der Waals surface area contributed by atoms with Gasteiger partial charge >= 0.3 is 0 Å². The molecule has 0 spiro atoms. The Labute approximate surface area is 118 Å². The molecule has 5 nitrogen and oxygen atoms in total. The molecule has 7 heteroatoms. The van der Waals surface area contributed by atoms with Crippen molar-refractivity contribution in [3.63, 3.8) is 0 Å². The van der Waals surface area contributed by atoms with Gasteiger partial charge in [0, 0.05) is 29.3 Å². The number of phenols is 1. The lowest BCUT2D eigenvalue weighted by molar-refractivity contribution is -0.384. The second-order valence-electron chi connectivity index (χ2n) is 4.05. The summed E-state index contributed by atoms with van der Waals surface area (Å²) >= 11 is 5.79. The number of non-ortho nitro benzene ring substituents is 1. The molecule has 2 aromatic rings. The third-order valence-corrected chi connectivity index (χ3v) is 2.91. The number of anilines is 1. The summed E-state index contributed by atoms with van der Waals surface area (Å²) in [6.07, 6.45) is 0. The van der Waals surface area contributed by atoms with E-state index < -0.39 is 10.7 Å². The van der Waals surface area contributed by atoms with Gasteiger partial charge in [-0.15, -0.1) is 0 Å². The number of rotatable bonds is 4. The van der Waals surface area contributed by atoms with Crippen molar-refractivity contribution in [3.05, 3.63) is 62.9 Å². The van der Waals surface area contributed by atoms with Gasteiger partial charge in [0.05, 0.1) is 10.6 Å². The first kappa shape index (κ1) is 14.1. The molecule has 0 saturated heterocycles. The van der Waals surface area contributed by atoms with Gasteiger partial charge in [0.25, 0.3) is 5.69 Å². The van der Waals surface area contributed by atoms with E-state index in [1.165, 1.54) is 18.2 Å². The molecule has 0 aliphatic rings. The summed E-state index contributed by atoms with van der Waals surface area (Å²) < 4.78 is 13.5. The van der Waals surface area contributed by atoms with Crippen LogP contribution in [-0.2, 0) is 6.54 Å². The number of hydrogen-bond acceptors (Lipinski definition) is 4. The van der Waals surface area contributed by atoms with E-state index in [-0.39, 0.29) is 23.7 Å². The molecular formula is C13H10ClFN2O3. The van der Waals surface area contributed by atoms with E-state index in [4.69, 9.17) is 11.6 Å². The van der Waals surface area contributed by atoms with Crippen molar-refractivity contribution in [2.24, 2.45) is 0 Å². The van der Waals surface area contributed by atoms with Crippen LogP contribution in [0.25, 0.3) is 0 Å². The number of nitro groups is 1. The minimum atomic E-state index is -0.614.